The Morgan fingerprint density at radius 3 is 2.88 bits per heavy atom. The van der Waals surface area contributed by atoms with Crippen molar-refractivity contribution in [3.63, 3.8) is 0 Å². The largest absolute Gasteiger partial charge is 0.383 e. The molecule has 16 heavy (non-hydrogen) atoms. The molecule has 0 aliphatic heterocycles. The van der Waals surface area contributed by atoms with E-state index in [0.717, 1.165) is 19.5 Å². The Labute approximate surface area is 96.1 Å². The number of para-hydroxylation sites is 1. The molecule has 0 spiro atoms. The van der Waals surface area contributed by atoms with Crippen molar-refractivity contribution < 1.29 is 0 Å². The number of aryl methyl sites for hydroxylation is 1. The first-order chi connectivity index (χ1) is 7.90. The third-order valence-electron chi connectivity index (χ3n) is 2.61. The van der Waals surface area contributed by atoms with Gasteiger partial charge in [-0.2, -0.15) is 5.10 Å². The molecule has 0 radical (unpaired) electrons. The van der Waals surface area contributed by atoms with Crippen molar-refractivity contribution in [2.45, 2.75) is 19.9 Å². The van der Waals surface area contributed by atoms with Crippen molar-refractivity contribution >= 4 is 5.69 Å². The molecular weight excluding hydrogens is 198 g/mol. The first-order valence-corrected chi connectivity index (χ1v) is 5.69. The maximum Gasteiger partial charge on any atom is 0.0582 e. The molecule has 0 fully saturated rings. The fourth-order valence-electron chi connectivity index (χ4n) is 1.74. The molecule has 0 saturated carbocycles. The summed E-state index contributed by atoms with van der Waals surface area (Å²) in [4.78, 5) is 0. The van der Waals surface area contributed by atoms with Gasteiger partial charge in [-0.1, -0.05) is 25.1 Å². The van der Waals surface area contributed by atoms with E-state index in [-0.39, 0.29) is 0 Å². The normalized spacial score (nSPS) is 10.3. The third kappa shape index (κ3) is 2.63. The maximum absolute atomic E-state index is 4.17. The molecule has 1 N–H and O–H groups in total. The summed E-state index contributed by atoms with van der Waals surface area (Å²) in [5, 5.41) is 7.61. The molecule has 3 heteroatoms. The Balaban J connectivity index is 1.89. The molecule has 0 bridgehead atoms. The number of rotatable bonds is 5. The first kappa shape index (κ1) is 10.7. The lowest BCUT2D eigenvalue weighted by Gasteiger charge is -2.10. The van der Waals surface area contributed by atoms with Crippen molar-refractivity contribution in [1.29, 1.82) is 0 Å². The highest BCUT2D eigenvalue weighted by molar-refractivity contribution is 5.50. The first-order valence-electron chi connectivity index (χ1n) is 5.69. The minimum atomic E-state index is 0.894. The number of aromatic nitrogens is 2. The highest BCUT2D eigenvalue weighted by atomic mass is 15.3. The van der Waals surface area contributed by atoms with Crippen LogP contribution in [0, 0.1) is 0 Å². The molecular formula is C13H17N3. The average Bonchev–Trinajstić information content (AvgIpc) is 2.83. The van der Waals surface area contributed by atoms with Crippen LogP contribution in [-0.2, 0) is 13.0 Å². The molecule has 0 amide bonds. The highest BCUT2D eigenvalue weighted by Crippen LogP contribution is 2.14. The van der Waals surface area contributed by atoms with Gasteiger partial charge in [0, 0.05) is 24.6 Å². The summed E-state index contributed by atoms with van der Waals surface area (Å²) in [6.45, 7) is 3.97. The van der Waals surface area contributed by atoms with Crippen LogP contribution in [0.5, 0.6) is 0 Å². The van der Waals surface area contributed by atoms with Gasteiger partial charge in [0.15, 0.2) is 0 Å². The van der Waals surface area contributed by atoms with Gasteiger partial charge in [-0.25, -0.2) is 0 Å². The minimum Gasteiger partial charge on any atom is -0.383 e. The van der Waals surface area contributed by atoms with Crippen LogP contribution in [0.1, 0.15) is 12.5 Å². The zero-order valence-corrected chi connectivity index (χ0v) is 9.56. The molecule has 2 rings (SSSR count). The van der Waals surface area contributed by atoms with Crippen molar-refractivity contribution in [2.24, 2.45) is 0 Å². The van der Waals surface area contributed by atoms with E-state index in [4.69, 9.17) is 0 Å². The van der Waals surface area contributed by atoms with Gasteiger partial charge in [-0.3, -0.25) is 4.68 Å². The Kier molecular flexibility index (Phi) is 3.59. The monoisotopic (exact) mass is 215 g/mol. The van der Waals surface area contributed by atoms with E-state index < -0.39 is 0 Å². The van der Waals surface area contributed by atoms with Crippen LogP contribution in [0.2, 0.25) is 0 Å². The number of benzene rings is 1. The summed E-state index contributed by atoms with van der Waals surface area (Å²) in [6.07, 6.45) is 4.85. The standard InChI is InChI=1S/C13H17N3/c1-2-12-6-3-4-7-13(12)14-9-11-16-10-5-8-15-16/h3-8,10,14H,2,9,11H2,1H3. The highest BCUT2D eigenvalue weighted by Gasteiger charge is 1.98. The van der Waals surface area contributed by atoms with Crippen LogP contribution >= 0.6 is 0 Å². The van der Waals surface area contributed by atoms with Gasteiger partial charge in [-0.05, 0) is 24.1 Å². The summed E-state index contributed by atoms with van der Waals surface area (Å²) in [6, 6.07) is 10.4. The van der Waals surface area contributed by atoms with Gasteiger partial charge < -0.3 is 5.32 Å². The fourth-order valence-corrected chi connectivity index (χ4v) is 1.74. The van der Waals surface area contributed by atoms with Crippen LogP contribution in [0.3, 0.4) is 0 Å². The number of nitrogens with one attached hydrogen (secondary N) is 1. The average molecular weight is 215 g/mol. The number of nitrogens with zero attached hydrogens (tertiary/aromatic N) is 2. The van der Waals surface area contributed by atoms with Gasteiger partial charge in [0.2, 0.25) is 0 Å². The van der Waals surface area contributed by atoms with Crippen molar-refractivity contribution in [3.05, 3.63) is 48.3 Å². The second-order valence-corrected chi connectivity index (χ2v) is 3.71. The van der Waals surface area contributed by atoms with E-state index in [0.29, 0.717) is 0 Å². The van der Waals surface area contributed by atoms with E-state index in [1.165, 1.54) is 11.3 Å². The molecule has 1 heterocycles. The van der Waals surface area contributed by atoms with E-state index in [1.54, 1.807) is 6.20 Å². The van der Waals surface area contributed by atoms with Gasteiger partial charge in [0.05, 0.1) is 6.54 Å². The fraction of sp³-hybridized carbons (Fsp3) is 0.308. The lowest BCUT2D eigenvalue weighted by atomic mass is 10.1. The molecule has 0 saturated heterocycles. The lowest BCUT2D eigenvalue weighted by molar-refractivity contribution is 0.637. The predicted molar refractivity (Wildman–Crippen MR) is 66.5 cm³/mol. The SMILES string of the molecule is CCc1ccccc1NCCn1cccn1. The van der Waals surface area contributed by atoms with Crippen LogP contribution in [-0.4, -0.2) is 16.3 Å². The quantitative estimate of drug-likeness (QED) is 0.830. The molecule has 84 valence electrons. The van der Waals surface area contributed by atoms with E-state index >= 15 is 0 Å². The molecule has 3 nitrogen and oxygen atoms in total. The Morgan fingerprint density at radius 1 is 1.25 bits per heavy atom. The smallest absolute Gasteiger partial charge is 0.0582 e. The van der Waals surface area contributed by atoms with Crippen molar-refractivity contribution in [3.8, 4) is 0 Å². The molecule has 1 aromatic heterocycles. The van der Waals surface area contributed by atoms with Gasteiger partial charge in [0.25, 0.3) is 0 Å². The second kappa shape index (κ2) is 5.35. The topological polar surface area (TPSA) is 29.9 Å². The maximum atomic E-state index is 4.17. The Morgan fingerprint density at radius 2 is 2.12 bits per heavy atom. The zero-order chi connectivity index (χ0) is 11.2. The third-order valence-corrected chi connectivity index (χ3v) is 2.61. The van der Waals surface area contributed by atoms with E-state index in [2.05, 4.69) is 41.6 Å². The molecule has 0 atom stereocenters. The van der Waals surface area contributed by atoms with Crippen LogP contribution in [0.4, 0.5) is 5.69 Å². The number of hydrogen-bond acceptors (Lipinski definition) is 2. The summed E-state index contributed by atoms with van der Waals surface area (Å²) >= 11 is 0. The summed E-state index contributed by atoms with van der Waals surface area (Å²) in [7, 11) is 0. The predicted octanol–water partition coefficient (Wildman–Crippen LogP) is 2.56. The van der Waals surface area contributed by atoms with Crippen LogP contribution < -0.4 is 5.32 Å². The van der Waals surface area contributed by atoms with Crippen LogP contribution in [0.15, 0.2) is 42.7 Å². The van der Waals surface area contributed by atoms with E-state index in [9.17, 15) is 0 Å². The van der Waals surface area contributed by atoms with Gasteiger partial charge in [-0.15, -0.1) is 0 Å². The van der Waals surface area contributed by atoms with Gasteiger partial charge in [0.1, 0.15) is 0 Å². The molecule has 1 aromatic carbocycles. The molecule has 0 aliphatic rings. The number of anilines is 1. The molecule has 0 unspecified atom stereocenters. The molecule has 2 aromatic rings. The Hall–Kier alpha value is -1.77. The number of hydrogen-bond donors (Lipinski definition) is 1. The van der Waals surface area contributed by atoms with Crippen LogP contribution in [0.25, 0.3) is 0 Å². The zero-order valence-electron chi connectivity index (χ0n) is 9.56. The Bertz CT molecular complexity index is 421. The summed E-state index contributed by atoms with van der Waals surface area (Å²) in [5.41, 5.74) is 2.60. The summed E-state index contributed by atoms with van der Waals surface area (Å²) in [5.74, 6) is 0. The lowest BCUT2D eigenvalue weighted by Crippen LogP contribution is -2.11. The van der Waals surface area contributed by atoms with Crippen molar-refractivity contribution in [1.82, 2.24) is 9.78 Å². The second-order valence-electron chi connectivity index (χ2n) is 3.71. The summed E-state index contributed by atoms with van der Waals surface area (Å²) < 4.78 is 1.93. The molecule has 0 aliphatic carbocycles. The van der Waals surface area contributed by atoms with Crippen molar-refractivity contribution in [2.75, 3.05) is 11.9 Å². The minimum absolute atomic E-state index is 0.894. The van der Waals surface area contributed by atoms with Gasteiger partial charge >= 0.3 is 0 Å². The van der Waals surface area contributed by atoms with E-state index in [1.807, 2.05) is 16.9 Å².